The minimum absolute atomic E-state index is 0.135. The van der Waals surface area contributed by atoms with Gasteiger partial charge in [0.15, 0.2) is 31.0 Å². The van der Waals surface area contributed by atoms with Crippen LogP contribution in [0.1, 0.15) is 6.92 Å². The molecule has 274 valence electrons. The van der Waals surface area contributed by atoms with Gasteiger partial charge in [-0.25, -0.2) is 18.4 Å². The molecular weight excluding hydrogens is 720 g/mol. The van der Waals surface area contributed by atoms with Gasteiger partial charge in [-0.1, -0.05) is 5.04 Å². The van der Waals surface area contributed by atoms with Crippen molar-refractivity contribution in [1.82, 2.24) is 0 Å². The van der Waals surface area contributed by atoms with E-state index in [1.54, 1.807) is 0 Å². The van der Waals surface area contributed by atoms with Crippen molar-refractivity contribution in [2.45, 2.75) is 74.6 Å². The molecule has 3 rings (SSSR count). The first-order valence-corrected chi connectivity index (χ1v) is 16.4. The van der Waals surface area contributed by atoms with Crippen LogP contribution in [-0.4, -0.2) is 155 Å². The number of aliphatic hydroxyl groups excluding tert-OH is 5. The molecule has 3 aliphatic rings. The molecule has 0 spiro atoms. The highest BCUT2D eigenvalue weighted by atomic mass is 32.3. The fourth-order valence-electron chi connectivity index (χ4n) is 4.68. The van der Waals surface area contributed by atoms with Crippen molar-refractivity contribution in [3.63, 3.8) is 0 Å². The Hall–Kier alpha value is -1.42. The molecule has 0 aromatic carbocycles. The van der Waals surface area contributed by atoms with E-state index in [0.29, 0.717) is 6.08 Å². The summed E-state index contributed by atoms with van der Waals surface area (Å²) in [6.45, 7) is -1.32. The molecule has 2 fully saturated rings. The minimum atomic E-state index is -5.25. The van der Waals surface area contributed by atoms with Crippen LogP contribution in [0.3, 0.4) is 0 Å². The summed E-state index contributed by atoms with van der Waals surface area (Å²) in [5.74, 6) is -5.26. The normalized spacial score (nSPS) is 38.4. The Morgan fingerprint density at radius 2 is 1.51 bits per heavy atom. The molecule has 13 atom stereocenters. The maximum absolute atomic E-state index is 11.5. The average molecular weight is 753 g/mol. The molecule has 2 saturated heterocycles. The summed E-state index contributed by atoms with van der Waals surface area (Å²) in [7, 11) is -10.3. The third-order valence-electron chi connectivity index (χ3n) is 6.94. The Morgan fingerprint density at radius 3 is 2.11 bits per heavy atom. The predicted molar refractivity (Wildman–Crippen MR) is 140 cm³/mol. The summed E-state index contributed by atoms with van der Waals surface area (Å²) in [5, 5.41) is 73.4. The lowest BCUT2D eigenvalue weighted by Crippen LogP contribution is -2.60. The highest BCUT2D eigenvalue weighted by Crippen LogP contribution is 2.35. The first kappa shape index (κ1) is 40.0. The van der Waals surface area contributed by atoms with Crippen molar-refractivity contribution in [2.24, 2.45) is 11.8 Å². The molecule has 0 amide bonds. The number of carboxylic acids is 1. The Kier molecular flexibility index (Phi) is 14.5. The molecule has 0 aromatic heterocycles. The van der Waals surface area contributed by atoms with Crippen LogP contribution < -0.4 is 0 Å². The molecule has 0 aromatic rings. The maximum atomic E-state index is 11.5. The fourth-order valence-corrected chi connectivity index (χ4v) is 5.84. The van der Waals surface area contributed by atoms with Crippen LogP contribution in [0.4, 0.5) is 0 Å². The van der Waals surface area contributed by atoms with Crippen LogP contribution in [0.2, 0.25) is 0 Å². The van der Waals surface area contributed by atoms with Crippen LogP contribution in [0.25, 0.3) is 0 Å². The third-order valence-corrected chi connectivity index (χ3v) is 8.26. The monoisotopic (exact) mass is 752 g/mol. The topological polar surface area (TPSA) is 360 Å². The van der Waals surface area contributed by atoms with Crippen LogP contribution in [0, 0.1) is 11.8 Å². The lowest BCUT2D eigenvalue weighted by molar-refractivity contribution is -0.435. The number of hydrogen-bond acceptors (Lipinski definition) is 22. The summed E-state index contributed by atoms with van der Waals surface area (Å²) in [4.78, 5) is 11.3. The van der Waals surface area contributed by atoms with Gasteiger partial charge in [0.2, 0.25) is 12.0 Å². The third kappa shape index (κ3) is 11.3. The van der Waals surface area contributed by atoms with Crippen molar-refractivity contribution in [3.05, 3.63) is 11.8 Å². The largest absolute Gasteiger partial charge is 0.475 e. The number of aliphatic hydroxyl groups is 5. The van der Waals surface area contributed by atoms with E-state index in [1.807, 2.05) is 0 Å². The van der Waals surface area contributed by atoms with E-state index in [2.05, 4.69) is 17.7 Å². The number of carboxylic acid groups (broad SMARTS) is 1. The summed E-state index contributed by atoms with van der Waals surface area (Å²) in [6.07, 6.45) is -18.9. The van der Waals surface area contributed by atoms with E-state index in [-0.39, 0.29) is 12.3 Å². The lowest BCUT2D eigenvalue weighted by Gasteiger charge is -2.45. The molecule has 24 nitrogen and oxygen atoms in total. The van der Waals surface area contributed by atoms with E-state index in [0.717, 1.165) is 0 Å². The molecule has 27 heteroatoms. The lowest BCUT2D eigenvalue weighted by atomic mass is 9.83. The number of ether oxygens (including phenoxy) is 5. The second kappa shape index (κ2) is 17.0. The van der Waals surface area contributed by atoms with Crippen molar-refractivity contribution in [2.75, 3.05) is 19.8 Å². The first-order chi connectivity index (χ1) is 21.8. The first-order valence-electron chi connectivity index (χ1n) is 13.0. The molecule has 3 aliphatic heterocycles. The smallest absolute Gasteiger partial charge is 0.397 e. The van der Waals surface area contributed by atoms with Gasteiger partial charge in [0.05, 0.1) is 32.0 Å². The predicted octanol–water partition coefficient (Wildman–Crippen LogP) is -4.14. The minimum Gasteiger partial charge on any atom is -0.475 e. The molecule has 9 N–H and O–H groups in total. The van der Waals surface area contributed by atoms with Gasteiger partial charge in [0.1, 0.15) is 30.5 Å². The zero-order valence-electron chi connectivity index (χ0n) is 23.6. The summed E-state index contributed by atoms with van der Waals surface area (Å²) < 4.78 is 108. The van der Waals surface area contributed by atoms with E-state index >= 15 is 0 Å². The van der Waals surface area contributed by atoms with Gasteiger partial charge in [-0.15, -0.1) is 4.33 Å². The molecule has 3 heterocycles. The highest BCUT2D eigenvalue weighted by Gasteiger charge is 2.51. The van der Waals surface area contributed by atoms with Crippen LogP contribution in [0.5, 0.6) is 0 Å². The van der Waals surface area contributed by atoms with Gasteiger partial charge in [-0.05, 0) is 13.0 Å². The molecule has 0 radical (unpaired) electrons. The highest BCUT2D eigenvalue weighted by molar-refractivity contribution is 7.89. The van der Waals surface area contributed by atoms with Crippen LogP contribution in [0.15, 0.2) is 11.8 Å². The van der Waals surface area contributed by atoms with Gasteiger partial charge in [-0.2, -0.15) is 16.8 Å². The van der Waals surface area contributed by atoms with Gasteiger partial charge < -0.3 is 54.3 Å². The Balaban J connectivity index is 1.86. The number of carbonyl (C=O) groups is 1. The molecule has 0 bridgehead atoms. The average Bonchev–Trinajstić information content (AvgIpc) is 2.96. The van der Waals surface area contributed by atoms with E-state index < -0.39 is 132 Å². The van der Waals surface area contributed by atoms with Crippen LogP contribution in [-0.2, 0) is 71.2 Å². The second-order valence-corrected chi connectivity index (χ2v) is 12.6. The van der Waals surface area contributed by atoms with Crippen molar-refractivity contribution >= 4 is 39.1 Å². The van der Waals surface area contributed by atoms with Crippen molar-refractivity contribution in [1.29, 1.82) is 0 Å². The van der Waals surface area contributed by atoms with Gasteiger partial charge in [0, 0.05) is 11.8 Å². The number of aliphatic carboxylic acids is 1. The molecule has 0 aliphatic carbocycles. The number of rotatable bonds is 16. The second-order valence-electron chi connectivity index (χ2n) is 10.0. The molecule has 47 heavy (non-hydrogen) atoms. The van der Waals surface area contributed by atoms with E-state index in [1.165, 1.54) is 6.92 Å². The SMILES string of the molecule is CC1OC(OCC2C(O)C(COS(=O)(=O)O)OC(O)C2COC2OC(C(=O)O)=CC(O)C2O)C(OSOOO)C(OS(=O)(=O)O)C1O. The summed E-state index contributed by atoms with van der Waals surface area (Å²) in [6, 6.07) is 0. The Morgan fingerprint density at radius 1 is 0.872 bits per heavy atom. The molecule has 13 unspecified atom stereocenters. The quantitative estimate of drug-likeness (QED) is 0.0237. The van der Waals surface area contributed by atoms with Crippen molar-refractivity contribution < 1.29 is 112 Å². The summed E-state index contributed by atoms with van der Waals surface area (Å²) >= 11 is -0.135. The van der Waals surface area contributed by atoms with Gasteiger partial charge in [0.25, 0.3) is 0 Å². The fraction of sp³-hybridized carbons (Fsp3) is 0.850. The Bertz CT molecular complexity index is 1280. The zero-order valence-corrected chi connectivity index (χ0v) is 26.0. The zero-order chi connectivity index (χ0) is 35.3. The number of hydrogen-bond donors (Lipinski definition) is 9. The van der Waals surface area contributed by atoms with Gasteiger partial charge in [-0.3, -0.25) is 13.3 Å². The van der Waals surface area contributed by atoms with Crippen molar-refractivity contribution in [3.8, 4) is 0 Å². The Labute approximate surface area is 269 Å². The standard InChI is InChI=1S/C20H32O24S3/c1-6-12(22)15(42-47(32,33)34)16(41-45-44-43-28)20(38-6)36-3-7-8(18(27)39-11(13(7)23)5-37-46(29,30)31)4-35-19-14(24)9(21)2-10(40-19)17(25)26/h2,6-9,11-16,18-24,27-28H,3-5H2,1H3,(H,25,26)(H,29,30,31)(H,32,33,34). The van der Waals surface area contributed by atoms with Crippen LogP contribution >= 0.6 is 12.3 Å². The van der Waals surface area contributed by atoms with E-state index in [4.69, 9.17) is 37.7 Å². The molecule has 0 saturated carbocycles. The molecular formula is C20H32O24S3. The van der Waals surface area contributed by atoms with E-state index in [9.17, 15) is 56.8 Å². The van der Waals surface area contributed by atoms with Gasteiger partial charge >= 0.3 is 26.8 Å². The summed E-state index contributed by atoms with van der Waals surface area (Å²) in [5.41, 5.74) is 0. The maximum Gasteiger partial charge on any atom is 0.397 e.